The molecule has 0 saturated carbocycles. The summed E-state index contributed by atoms with van der Waals surface area (Å²) in [6.45, 7) is 3.39. The van der Waals surface area contributed by atoms with Crippen LogP contribution in [0.1, 0.15) is 22.3 Å². The maximum Gasteiger partial charge on any atom is 0.251 e. The highest BCUT2D eigenvalue weighted by Gasteiger charge is 2.18. The van der Waals surface area contributed by atoms with E-state index in [2.05, 4.69) is 17.2 Å². The zero-order chi connectivity index (χ0) is 14.7. The molecule has 21 heavy (non-hydrogen) atoms. The van der Waals surface area contributed by atoms with E-state index in [1.807, 2.05) is 36.5 Å². The van der Waals surface area contributed by atoms with E-state index in [0.717, 1.165) is 24.2 Å². The van der Waals surface area contributed by atoms with Crippen LogP contribution in [0.4, 0.5) is 0 Å². The Kier molecular flexibility index (Phi) is 3.97. The molecule has 4 nitrogen and oxygen atoms in total. The Balaban J connectivity index is 1.74. The molecular formula is C17H18N2O2. The molecule has 1 aromatic heterocycles. The van der Waals surface area contributed by atoms with Crippen molar-refractivity contribution in [1.82, 2.24) is 10.3 Å². The van der Waals surface area contributed by atoms with E-state index >= 15 is 0 Å². The van der Waals surface area contributed by atoms with Gasteiger partial charge in [-0.25, -0.2) is 0 Å². The molecule has 3 rings (SSSR count). The highest BCUT2D eigenvalue weighted by molar-refractivity contribution is 5.94. The number of pyridine rings is 1. The third-order valence-electron chi connectivity index (χ3n) is 3.76. The topological polar surface area (TPSA) is 51.2 Å². The Labute approximate surface area is 124 Å². The first kappa shape index (κ1) is 13.8. The minimum Gasteiger partial charge on any atom is -0.379 e. The summed E-state index contributed by atoms with van der Waals surface area (Å²) in [5, 5.41) is 2.99. The van der Waals surface area contributed by atoms with Crippen molar-refractivity contribution in [3.05, 3.63) is 53.9 Å². The highest BCUT2D eigenvalue weighted by atomic mass is 16.5. The second kappa shape index (κ2) is 6.06. The van der Waals surface area contributed by atoms with E-state index in [9.17, 15) is 4.79 Å². The summed E-state index contributed by atoms with van der Waals surface area (Å²) in [4.78, 5) is 16.3. The van der Waals surface area contributed by atoms with Crippen LogP contribution in [0.15, 0.2) is 42.7 Å². The van der Waals surface area contributed by atoms with Crippen LogP contribution in [-0.2, 0) is 4.74 Å². The fourth-order valence-corrected chi connectivity index (χ4v) is 2.48. The summed E-state index contributed by atoms with van der Waals surface area (Å²) in [7, 11) is 0. The van der Waals surface area contributed by atoms with Crippen molar-refractivity contribution in [1.29, 1.82) is 0 Å². The van der Waals surface area contributed by atoms with Gasteiger partial charge in [0.2, 0.25) is 0 Å². The maximum absolute atomic E-state index is 12.1. The smallest absolute Gasteiger partial charge is 0.251 e. The van der Waals surface area contributed by atoms with Crippen LogP contribution in [0, 0.1) is 6.92 Å². The van der Waals surface area contributed by atoms with Crippen molar-refractivity contribution in [3.63, 3.8) is 0 Å². The zero-order valence-electron chi connectivity index (χ0n) is 12.0. The van der Waals surface area contributed by atoms with Crippen molar-refractivity contribution in [2.45, 2.75) is 19.4 Å². The van der Waals surface area contributed by atoms with Gasteiger partial charge < -0.3 is 10.1 Å². The standard InChI is InChI=1S/C17H18N2O2/c1-12-6-8-18-10-16(12)13-2-4-14(5-3-13)17(20)19-15-7-9-21-11-15/h2-6,8,10,15H,7,9,11H2,1H3,(H,19,20)/t15-/m0/s1. The van der Waals surface area contributed by atoms with Gasteiger partial charge in [0.1, 0.15) is 0 Å². The van der Waals surface area contributed by atoms with Crippen molar-refractivity contribution >= 4 is 5.91 Å². The van der Waals surface area contributed by atoms with E-state index in [1.165, 1.54) is 5.56 Å². The van der Waals surface area contributed by atoms with Crippen molar-refractivity contribution in [2.24, 2.45) is 0 Å². The molecule has 0 spiro atoms. The summed E-state index contributed by atoms with van der Waals surface area (Å²) in [5.74, 6) is -0.0417. The molecule has 1 aliphatic heterocycles. The number of carbonyl (C=O) groups excluding carboxylic acids is 1. The number of hydrogen-bond acceptors (Lipinski definition) is 3. The Bertz CT molecular complexity index is 631. The SMILES string of the molecule is Cc1ccncc1-c1ccc(C(=O)N[C@H]2CCOC2)cc1. The minimum absolute atomic E-state index is 0.0417. The number of aryl methyl sites for hydroxylation is 1. The predicted molar refractivity (Wildman–Crippen MR) is 81.1 cm³/mol. The number of rotatable bonds is 3. The van der Waals surface area contributed by atoms with Gasteiger partial charge in [0.05, 0.1) is 12.6 Å². The molecular weight excluding hydrogens is 264 g/mol. The van der Waals surface area contributed by atoms with Gasteiger partial charge in [-0.15, -0.1) is 0 Å². The molecule has 4 heteroatoms. The molecule has 1 aromatic carbocycles. The minimum atomic E-state index is -0.0417. The zero-order valence-corrected chi connectivity index (χ0v) is 12.0. The van der Waals surface area contributed by atoms with Crippen LogP contribution >= 0.6 is 0 Å². The predicted octanol–water partition coefficient (Wildman–Crippen LogP) is 2.58. The normalized spacial score (nSPS) is 17.7. The van der Waals surface area contributed by atoms with Gasteiger partial charge in [-0.05, 0) is 42.7 Å². The lowest BCUT2D eigenvalue weighted by Gasteiger charge is -2.11. The van der Waals surface area contributed by atoms with E-state index in [0.29, 0.717) is 12.2 Å². The molecule has 0 radical (unpaired) electrons. The van der Waals surface area contributed by atoms with Gasteiger partial charge >= 0.3 is 0 Å². The molecule has 108 valence electrons. The summed E-state index contributed by atoms with van der Waals surface area (Å²) >= 11 is 0. The van der Waals surface area contributed by atoms with Gasteiger partial charge in [-0.3, -0.25) is 9.78 Å². The molecule has 2 aromatic rings. The van der Waals surface area contributed by atoms with Gasteiger partial charge in [-0.1, -0.05) is 12.1 Å². The number of nitrogens with zero attached hydrogens (tertiary/aromatic N) is 1. The molecule has 2 heterocycles. The van der Waals surface area contributed by atoms with Gasteiger partial charge in [0, 0.05) is 30.1 Å². The van der Waals surface area contributed by atoms with Crippen molar-refractivity contribution in [2.75, 3.05) is 13.2 Å². The van der Waals surface area contributed by atoms with E-state index in [4.69, 9.17) is 4.74 Å². The number of hydrogen-bond donors (Lipinski definition) is 1. The molecule has 0 unspecified atom stereocenters. The second-order valence-corrected chi connectivity index (χ2v) is 5.30. The molecule has 1 aliphatic rings. The molecule has 1 atom stereocenters. The first-order chi connectivity index (χ1) is 10.2. The first-order valence-corrected chi connectivity index (χ1v) is 7.14. The molecule has 1 fully saturated rings. The largest absolute Gasteiger partial charge is 0.379 e. The Morgan fingerprint density at radius 1 is 1.29 bits per heavy atom. The monoisotopic (exact) mass is 282 g/mol. The van der Waals surface area contributed by atoms with Crippen LogP contribution in [0.3, 0.4) is 0 Å². The highest BCUT2D eigenvalue weighted by Crippen LogP contribution is 2.22. The summed E-state index contributed by atoms with van der Waals surface area (Å²) < 4.78 is 5.26. The van der Waals surface area contributed by atoms with Gasteiger partial charge in [0.15, 0.2) is 0 Å². The lowest BCUT2D eigenvalue weighted by molar-refractivity contribution is 0.0930. The van der Waals surface area contributed by atoms with Gasteiger partial charge in [0.25, 0.3) is 5.91 Å². The summed E-state index contributed by atoms with van der Waals surface area (Å²) in [6, 6.07) is 9.75. The summed E-state index contributed by atoms with van der Waals surface area (Å²) in [6.07, 6.45) is 4.52. The Morgan fingerprint density at radius 2 is 2.10 bits per heavy atom. The Morgan fingerprint density at radius 3 is 2.76 bits per heavy atom. The number of ether oxygens (including phenoxy) is 1. The third kappa shape index (κ3) is 3.11. The van der Waals surface area contributed by atoms with Crippen LogP contribution in [0.25, 0.3) is 11.1 Å². The molecule has 0 aliphatic carbocycles. The van der Waals surface area contributed by atoms with Crippen LogP contribution in [0.5, 0.6) is 0 Å². The van der Waals surface area contributed by atoms with Crippen LogP contribution in [0.2, 0.25) is 0 Å². The van der Waals surface area contributed by atoms with Gasteiger partial charge in [-0.2, -0.15) is 0 Å². The van der Waals surface area contributed by atoms with Crippen LogP contribution in [-0.4, -0.2) is 30.1 Å². The molecule has 1 saturated heterocycles. The maximum atomic E-state index is 12.1. The molecule has 0 bridgehead atoms. The van der Waals surface area contributed by atoms with Crippen molar-refractivity contribution in [3.8, 4) is 11.1 Å². The van der Waals surface area contributed by atoms with Crippen LogP contribution < -0.4 is 5.32 Å². The fraction of sp³-hybridized carbons (Fsp3) is 0.294. The molecule has 1 N–H and O–H groups in total. The lowest BCUT2D eigenvalue weighted by Crippen LogP contribution is -2.34. The fourth-order valence-electron chi connectivity index (χ4n) is 2.48. The number of benzene rings is 1. The summed E-state index contributed by atoms with van der Waals surface area (Å²) in [5.41, 5.74) is 4.01. The number of nitrogens with one attached hydrogen (secondary N) is 1. The first-order valence-electron chi connectivity index (χ1n) is 7.14. The average Bonchev–Trinajstić information content (AvgIpc) is 3.01. The van der Waals surface area contributed by atoms with E-state index in [-0.39, 0.29) is 11.9 Å². The number of carbonyl (C=O) groups is 1. The van der Waals surface area contributed by atoms with E-state index in [1.54, 1.807) is 6.20 Å². The lowest BCUT2D eigenvalue weighted by atomic mass is 10.0. The number of aromatic nitrogens is 1. The second-order valence-electron chi connectivity index (χ2n) is 5.30. The third-order valence-corrected chi connectivity index (χ3v) is 3.76. The Hall–Kier alpha value is -2.20. The average molecular weight is 282 g/mol. The van der Waals surface area contributed by atoms with Crippen molar-refractivity contribution < 1.29 is 9.53 Å². The molecule has 1 amide bonds. The quantitative estimate of drug-likeness (QED) is 0.941. The number of amides is 1. The van der Waals surface area contributed by atoms with E-state index < -0.39 is 0 Å².